The van der Waals surface area contributed by atoms with Crippen molar-refractivity contribution in [1.82, 2.24) is 0 Å². The van der Waals surface area contributed by atoms with Crippen molar-refractivity contribution in [3.05, 3.63) is 11.6 Å². The van der Waals surface area contributed by atoms with Crippen LogP contribution >= 0.6 is 0 Å². The zero-order chi connectivity index (χ0) is 22.2. The molecule has 4 fully saturated rings. The molecule has 1 heterocycles. The van der Waals surface area contributed by atoms with Crippen LogP contribution in [0.25, 0.3) is 0 Å². The molecule has 0 aromatic heterocycles. The smallest absolute Gasteiger partial charge is 0.302 e. The summed E-state index contributed by atoms with van der Waals surface area (Å²) in [6, 6.07) is 0. The molecular formula is C26H40O5. The number of allylic oxidation sites excluding steroid dienone is 2. The fraction of sp³-hybridized carbons (Fsp3) is 0.885. The third-order valence-electron chi connectivity index (χ3n) is 10.4. The van der Waals surface area contributed by atoms with E-state index in [1.807, 2.05) is 6.92 Å². The second kappa shape index (κ2) is 7.04. The molecule has 0 spiro atoms. The maximum Gasteiger partial charge on any atom is 0.302 e. The van der Waals surface area contributed by atoms with E-state index in [1.165, 1.54) is 19.8 Å². The van der Waals surface area contributed by atoms with E-state index in [-0.39, 0.29) is 28.8 Å². The maximum absolute atomic E-state index is 12.3. The molecule has 0 bridgehead atoms. The maximum atomic E-state index is 12.3. The molecule has 4 aliphatic carbocycles. The van der Waals surface area contributed by atoms with Crippen molar-refractivity contribution >= 4 is 5.97 Å². The molecular weight excluding hydrogens is 392 g/mol. The van der Waals surface area contributed by atoms with Crippen LogP contribution < -0.4 is 0 Å². The predicted octanol–water partition coefficient (Wildman–Crippen LogP) is 4.62. The third kappa shape index (κ3) is 2.81. The second-order valence-corrected chi connectivity index (χ2v) is 11.7. The number of aliphatic hydroxyl groups is 1. The van der Waals surface area contributed by atoms with Gasteiger partial charge in [-0.3, -0.25) is 4.79 Å². The number of carbonyl (C=O) groups excluding carboxylic acids is 1. The normalized spacial score (nSPS) is 50.8. The molecule has 0 unspecified atom stereocenters. The average molecular weight is 433 g/mol. The summed E-state index contributed by atoms with van der Waals surface area (Å²) in [5.41, 5.74) is 0.572. The molecule has 5 heteroatoms. The summed E-state index contributed by atoms with van der Waals surface area (Å²) in [5.74, 6) is 0.592. The van der Waals surface area contributed by atoms with Gasteiger partial charge in [0, 0.05) is 12.3 Å². The lowest BCUT2D eigenvalue weighted by atomic mass is 9.48. The number of carbonyl (C=O) groups is 1. The standard InChI is InChI=1S/C26H40O5/c1-16-14-22-20-7-6-18-15-19(31-17(2)27)8-10-23(18,3)21(20)9-11-24(22,4)26(16,28)25(5)29-12-13-30-25/h9,16,18-20,22,28H,6-8,10-15H2,1-5H3/t16-,18-,19-,20+,22-,23-,24-,26+/m0/s1. The van der Waals surface area contributed by atoms with Crippen molar-refractivity contribution < 1.29 is 24.1 Å². The fourth-order valence-corrected chi connectivity index (χ4v) is 8.88. The van der Waals surface area contributed by atoms with Gasteiger partial charge in [-0.05, 0) is 81.0 Å². The van der Waals surface area contributed by atoms with E-state index >= 15 is 0 Å². The minimum Gasteiger partial charge on any atom is -0.463 e. The number of ether oxygens (including phenoxy) is 3. The Kier molecular flexibility index (Phi) is 4.98. The van der Waals surface area contributed by atoms with Gasteiger partial charge in [0.15, 0.2) is 5.79 Å². The highest BCUT2D eigenvalue weighted by atomic mass is 16.7. The molecule has 5 aliphatic rings. The van der Waals surface area contributed by atoms with Gasteiger partial charge in [-0.25, -0.2) is 0 Å². The lowest BCUT2D eigenvalue weighted by Gasteiger charge is -2.59. The monoisotopic (exact) mass is 432 g/mol. The van der Waals surface area contributed by atoms with Crippen LogP contribution in [-0.4, -0.2) is 41.8 Å². The van der Waals surface area contributed by atoms with Crippen LogP contribution in [0.2, 0.25) is 0 Å². The van der Waals surface area contributed by atoms with E-state index in [1.54, 1.807) is 5.57 Å². The Hall–Kier alpha value is -0.910. The van der Waals surface area contributed by atoms with E-state index in [0.717, 1.165) is 32.1 Å². The first-order chi connectivity index (χ1) is 14.6. The van der Waals surface area contributed by atoms with Gasteiger partial charge >= 0.3 is 5.97 Å². The van der Waals surface area contributed by atoms with Gasteiger partial charge in [0.1, 0.15) is 11.7 Å². The fourth-order valence-electron chi connectivity index (χ4n) is 8.88. The molecule has 0 aromatic rings. The predicted molar refractivity (Wildman–Crippen MR) is 117 cm³/mol. The van der Waals surface area contributed by atoms with Crippen LogP contribution in [0.3, 0.4) is 0 Å². The number of hydrogen-bond acceptors (Lipinski definition) is 5. The molecule has 174 valence electrons. The molecule has 1 aliphatic heterocycles. The summed E-state index contributed by atoms with van der Waals surface area (Å²) in [6.07, 6.45) is 9.85. The quantitative estimate of drug-likeness (QED) is 0.509. The van der Waals surface area contributed by atoms with E-state index < -0.39 is 11.4 Å². The van der Waals surface area contributed by atoms with Crippen molar-refractivity contribution in [3.63, 3.8) is 0 Å². The minimum atomic E-state index is -0.992. The molecule has 5 nitrogen and oxygen atoms in total. The zero-order valence-electron chi connectivity index (χ0n) is 19.9. The van der Waals surface area contributed by atoms with Gasteiger partial charge in [-0.15, -0.1) is 0 Å². The van der Waals surface area contributed by atoms with Crippen LogP contribution in [0.4, 0.5) is 0 Å². The summed E-state index contributed by atoms with van der Waals surface area (Å²) in [4.78, 5) is 11.5. The van der Waals surface area contributed by atoms with Crippen molar-refractivity contribution in [2.24, 2.45) is 34.5 Å². The van der Waals surface area contributed by atoms with E-state index in [9.17, 15) is 9.90 Å². The van der Waals surface area contributed by atoms with Gasteiger partial charge in [0.25, 0.3) is 0 Å². The van der Waals surface area contributed by atoms with Crippen molar-refractivity contribution in [1.29, 1.82) is 0 Å². The van der Waals surface area contributed by atoms with Gasteiger partial charge in [-0.1, -0.05) is 32.4 Å². The number of rotatable bonds is 2. The van der Waals surface area contributed by atoms with Gasteiger partial charge in [0.2, 0.25) is 0 Å². The van der Waals surface area contributed by atoms with Gasteiger partial charge in [-0.2, -0.15) is 0 Å². The lowest BCUT2D eigenvalue weighted by Crippen LogP contribution is -2.64. The molecule has 0 amide bonds. The Labute approximate surface area is 186 Å². The van der Waals surface area contributed by atoms with E-state index in [4.69, 9.17) is 14.2 Å². The SMILES string of the molecule is CC(=O)O[C@H]1CC[C@]2(C)C3=CC[C@@]4(C)[C@@H](C[C@H](C)[C@]4(O)C4(C)OCCO4)[C@@H]3CC[C@H]2C1. The first-order valence-corrected chi connectivity index (χ1v) is 12.4. The zero-order valence-corrected chi connectivity index (χ0v) is 19.9. The summed E-state index contributed by atoms with van der Waals surface area (Å²) in [7, 11) is 0. The van der Waals surface area contributed by atoms with Crippen molar-refractivity contribution in [2.75, 3.05) is 13.2 Å². The van der Waals surface area contributed by atoms with Crippen LogP contribution in [0.15, 0.2) is 11.6 Å². The largest absolute Gasteiger partial charge is 0.463 e. The summed E-state index contributed by atoms with van der Waals surface area (Å²) in [5, 5.41) is 12.3. The Morgan fingerprint density at radius 1 is 1.13 bits per heavy atom. The molecule has 1 saturated heterocycles. The number of hydrogen-bond donors (Lipinski definition) is 1. The Morgan fingerprint density at radius 2 is 1.84 bits per heavy atom. The molecule has 1 N–H and O–H groups in total. The molecule has 31 heavy (non-hydrogen) atoms. The molecule has 0 aromatic carbocycles. The molecule has 0 radical (unpaired) electrons. The Morgan fingerprint density at radius 3 is 2.52 bits per heavy atom. The highest BCUT2D eigenvalue weighted by Gasteiger charge is 2.72. The Bertz CT molecular complexity index is 785. The minimum absolute atomic E-state index is 0.0785. The molecule has 8 atom stereocenters. The first-order valence-electron chi connectivity index (χ1n) is 12.4. The van der Waals surface area contributed by atoms with Crippen LogP contribution in [0.1, 0.15) is 79.6 Å². The number of fused-ring (bicyclic) bond motifs is 5. The van der Waals surface area contributed by atoms with E-state index in [2.05, 4.69) is 26.8 Å². The summed E-state index contributed by atoms with van der Waals surface area (Å²) in [6.45, 7) is 11.5. The van der Waals surface area contributed by atoms with Crippen molar-refractivity contribution in [2.45, 2.75) is 97.1 Å². The Balaban J connectivity index is 1.46. The highest BCUT2D eigenvalue weighted by molar-refractivity contribution is 5.66. The van der Waals surface area contributed by atoms with Crippen molar-refractivity contribution in [3.8, 4) is 0 Å². The summed E-state index contributed by atoms with van der Waals surface area (Å²) >= 11 is 0. The molecule has 5 rings (SSSR count). The summed E-state index contributed by atoms with van der Waals surface area (Å²) < 4.78 is 17.7. The van der Waals surface area contributed by atoms with Crippen LogP contribution in [0.5, 0.6) is 0 Å². The highest BCUT2D eigenvalue weighted by Crippen LogP contribution is 2.69. The van der Waals surface area contributed by atoms with Crippen LogP contribution in [-0.2, 0) is 19.0 Å². The second-order valence-electron chi connectivity index (χ2n) is 11.7. The average Bonchev–Trinajstić information content (AvgIpc) is 3.24. The third-order valence-corrected chi connectivity index (χ3v) is 10.4. The van der Waals surface area contributed by atoms with E-state index in [0.29, 0.717) is 31.0 Å². The van der Waals surface area contributed by atoms with Gasteiger partial charge < -0.3 is 19.3 Å². The van der Waals surface area contributed by atoms with Gasteiger partial charge in [0.05, 0.1) is 13.2 Å². The molecule has 3 saturated carbocycles. The van der Waals surface area contributed by atoms with Crippen LogP contribution in [0, 0.1) is 34.5 Å². The first kappa shape index (κ1) is 21.9. The lowest BCUT2D eigenvalue weighted by molar-refractivity contribution is -0.305. The number of esters is 1. The topological polar surface area (TPSA) is 65.0 Å².